The molecule has 2 atom stereocenters. The van der Waals surface area contributed by atoms with Crippen LogP contribution >= 0.6 is 0 Å². The van der Waals surface area contributed by atoms with Crippen molar-refractivity contribution in [2.45, 2.75) is 40.5 Å². The molecule has 114 valence electrons. The van der Waals surface area contributed by atoms with Crippen molar-refractivity contribution in [2.24, 2.45) is 17.3 Å². The Labute approximate surface area is 117 Å². The van der Waals surface area contributed by atoms with Crippen LogP contribution in [0.4, 0.5) is 0 Å². The van der Waals surface area contributed by atoms with Crippen LogP contribution in [0, 0.1) is 17.3 Å². The summed E-state index contributed by atoms with van der Waals surface area (Å²) < 4.78 is 28.8. The monoisotopic (exact) mass is 292 g/mol. The van der Waals surface area contributed by atoms with E-state index in [1.54, 1.807) is 4.31 Å². The lowest BCUT2D eigenvalue weighted by molar-refractivity contribution is 0.205. The van der Waals surface area contributed by atoms with Crippen molar-refractivity contribution in [1.29, 1.82) is 0 Å². The van der Waals surface area contributed by atoms with Gasteiger partial charge in [0.15, 0.2) is 0 Å². The van der Waals surface area contributed by atoms with Crippen LogP contribution in [0.1, 0.15) is 40.5 Å². The van der Waals surface area contributed by atoms with Crippen molar-refractivity contribution in [1.82, 2.24) is 9.03 Å². The lowest BCUT2D eigenvalue weighted by Gasteiger charge is -2.35. The molecule has 0 aliphatic carbocycles. The van der Waals surface area contributed by atoms with Crippen molar-refractivity contribution < 1.29 is 13.5 Å². The fourth-order valence-electron chi connectivity index (χ4n) is 2.57. The van der Waals surface area contributed by atoms with Gasteiger partial charge in [-0.3, -0.25) is 0 Å². The van der Waals surface area contributed by atoms with Gasteiger partial charge in [0.05, 0.1) is 0 Å². The van der Waals surface area contributed by atoms with Gasteiger partial charge in [0.1, 0.15) is 0 Å². The van der Waals surface area contributed by atoms with Crippen LogP contribution in [0.3, 0.4) is 0 Å². The van der Waals surface area contributed by atoms with E-state index in [9.17, 15) is 8.42 Å². The van der Waals surface area contributed by atoms with Crippen LogP contribution in [-0.4, -0.2) is 44.1 Å². The third-order valence-corrected chi connectivity index (χ3v) is 5.18. The highest BCUT2D eigenvalue weighted by Gasteiger charge is 2.31. The highest BCUT2D eigenvalue weighted by molar-refractivity contribution is 7.87. The molecule has 0 saturated carbocycles. The minimum absolute atomic E-state index is 0.0759. The van der Waals surface area contributed by atoms with E-state index in [0.29, 0.717) is 37.9 Å². The third kappa shape index (κ3) is 5.38. The van der Waals surface area contributed by atoms with Crippen LogP contribution in [0.25, 0.3) is 0 Å². The third-order valence-electron chi connectivity index (χ3n) is 3.70. The summed E-state index contributed by atoms with van der Waals surface area (Å²) in [5, 5.41) is 8.96. The minimum atomic E-state index is -3.40. The number of aliphatic hydroxyl groups is 1. The Morgan fingerprint density at radius 2 is 1.79 bits per heavy atom. The van der Waals surface area contributed by atoms with Gasteiger partial charge in [-0.2, -0.15) is 12.7 Å². The van der Waals surface area contributed by atoms with Gasteiger partial charge in [0.25, 0.3) is 10.2 Å². The maximum absolute atomic E-state index is 12.3. The number of hydrogen-bond donors (Lipinski definition) is 2. The summed E-state index contributed by atoms with van der Waals surface area (Å²) in [6.07, 6.45) is 1.67. The summed E-state index contributed by atoms with van der Waals surface area (Å²) in [7, 11) is -3.40. The molecular formula is C13H28N2O3S. The Hall–Kier alpha value is -0.170. The molecule has 0 bridgehead atoms. The Balaban J connectivity index is 2.60. The lowest BCUT2D eigenvalue weighted by Crippen LogP contribution is -2.49. The fourth-order valence-corrected chi connectivity index (χ4v) is 4.23. The molecule has 0 radical (unpaired) electrons. The first-order chi connectivity index (χ1) is 8.66. The first kappa shape index (κ1) is 16.9. The molecule has 19 heavy (non-hydrogen) atoms. The van der Waals surface area contributed by atoms with Crippen molar-refractivity contribution in [3.63, 3.8) is 0 Å². The van der Waals surface area contributed by atoms with Crippen molar-refractivity contribution in [3.8, 4) is 0 Å². The SMILES string of the molecule is CC1CC(C)CN(S(=O)(=O)NCC(C)(C)CCO)C1. The largest absolute Gasteiger partial charge is 0.396 e. The number of piperidine rings is 1. The number of rotatable bonds is 6. The Morgan fingerprint density at radius 1 is 1.26 bits per heavy atom. The highest BCUT2D eigenvalue weighted by atomic mass is 32.2. The van der Waals surface area contributed by atoms with E-state index in [-0.39, 0.29) is 12.0 Å². The zero-order valence-electron chi connectivity index (χ0n) is 12.5. The predicted octanol–water partition coefficient (Wildman–Crippen LogP) is 1.21. The molecule has 0 spiro atoms. The number of aliphatic hydroxyl groups excluding tert-OH is 1. The first-order valence-corrected chi connectivity index (χ1v) is 8.46. The number of nitrogens with zero attached hydrogens (tertiary/aromatic N) is 1. The van der Waals surface area contributed by atoms with Crippen LogP contribution in [0.2, 0.25) is 0 Å². The summed E-state index contributed by atoms with van der Waals surface area (Å²) in [6, 6.07) is 0. The molecule has 0 amide bonds. The normalized spacial score (nSPS) is 26.6. The second kappa shape index (κ2) is 6.52. The molecule has 0 aromatic carbocycles. The molecule has 5 nitrogen and oxygen atoms in total. The average molecular weight is 292 g/mol. The fraction of sp³-hybridized carbons (Fsp3) is 1.00. The van der Waals surface area contributed by atoms with Crippen molar-refractivity contribution in [3.05, 3.63) is 0 Å². The van der Waals surface area contributed by atoms with E-state index >= 15 is 0 Å². The summed E-state index contributed by atoms with van der Waals surface area (Å²) in [4.78, 5) is 0. The lowest BCUT2D eigenvalue weighted by atomic mass is 9.90. The Bertz CT molecular complexity index is 371. The first-order valence-electron chi connectivity index (χ1n) is 7.02. The summed E-state index contributed by atoms with van der Waals surface area (Å²) in [6.45, 7) is 9.71. The molecular weight excluding hydrogens is 264 g/mol. The smallest absolute Gasteiger partial charge is 0.279 e. The van der Waals surface area contributed by atoms with Gasteiger partial charge in [-0.05, 0) is 30.1 Å². The van der Waals surface area contributed by atoms with Gasteiger partial charge in [-0.15, -0.1) is 0 Å². The Morgan fingerprint density at radius 3 is 2.26 bits per heavy atom. The van der Waals surface area contributed by atoms with Gasteiger partial charge in [-0.1, -0.05) is 27.7 Å². The van der Waals surface area contributed by atoms with Gasteiger partial charge < -0.3 is 5.11 Å². The highest BCUT2D eigenvalue weighted by Crippen LogP contribution is 2.23. The predicted molar refractivity (Wildman–Crippen MR) is 76.9 cm³/mol. The van der Waals surface area contributed by atoms with E-state index in [1.165, 1.54) is 0 Å². The van der Waals surface area contributed by atoms with E-state index in [4.69, 9.17) is 5.11 Å². The van der Waals surface area contributed by atoms with Gasteiger partial charge in [0, 0.05) is 26.2 Å². The molecule has 2 unspecified atom stereocenters. The summed E-state index contributed by atoms with van der Waals surface area (Å²) >= 11 is 0. The molecule has 1 heterocycles. The topological polar surface area (TPSA) is 69.6 Å². The number of hydrogen-bond acceptors (Lipinski definition) is 3. The maximum Gasteiger partial charge on any atom is 0.279 e. The molecule has 1 rings (SSSR count). The van der Waals surface area contributed by atoms with Crippen LogP contribution in [-0.2, 0) is 10.2 Å². The maximum atomic E-state index is 12.3. The van der Waals surface area contributed by atoms with Crippen LogP contribution in [0.5, 0.6) is 0 Å². The molecule has 1 aliphatic heterocycles. The van der Waals surface area contributed by atoms with Crippen molar-refractivity contribution in [2.75, 3.05) is 26.2 Å². The summed E-state index contributed by atoms with van der Waals surface area (Å²) in [5.74, 6) is 0.816. The van der Waals surface area contributed by atoms with Gasteiger partial charge in [0.2, 0.25) is 0 Å². The molecule has 1 fully saturated rings. The Kier molecular flexibility index (Phi) is 5.79. The van der Waals surface area contributed by atoms with E-state index in [1.807, 2.05) is 13.8 Å². The zero-order chi connectivity index (χ0) is 14.7. The molecule has 6 heteroatoms. The molecule has 0 aromatic rings. The molecule has 1 aliphatic rings. The van der Waals surface area contributed by atoms with Crippen LogP contribution in [0.15, 0.2) is 0 Å². The van der Waals surface area contributed by atoms with Crippen molar-refractivity contribution >= 4 is 10.2 Å². The van der Waals surface area contributed by atoms with E-state index in [0.717, 1.165) is 6.42 Å². The second-order valence-corrected chi connectivity index (χ2v) is 8.48. The average Bonchev–Trinajstić information content (AvgIpc) is 2.25. The molecule has 1 saturated heterocycles. The van der Waals surface area contributed by atoms with Crippen LogP contribution < -0.4 is 4.72 Å². The zero-order valence-corrected chi connectivity index (χ0v) is 13.3. The number of nitrogens with one attached hydrogen (secondary N) is 1. The second-order valence-electron chi connectivity index (χ2n) is 6.73. The van der Waals surface area contributed by atoms with E-state index < -0.39 is 10.2 Å². The van der Waals surface area contributed by atoms with E-state index in [2.05, 4.69) is 18.6 Å². The quantitative estimate of drug-likeness (QED) is 0.773. The summed E-state index contributed by atoms with van der Waals surface area (Å²) in [5.41, 5.74) is -0.227. The van der Waals surface area contributed by atoms with Gasteiger partial charge in [-0.25, -0.2) is 4.72 Å². The molecule has 0 aromatic heterocycles. The molecule has 2 N–H and O–H groups in total. The standard InChI is InChI=1S/C13H28N2O3S/c1-11-7-12(2)9-15(8-11)19(17,18)14-10-13(3,4)5-6-16/h11-12,14,16H,5-10H2,1-4H3. The van der Waals surface area contributed by atoms with Gasteiger partial charge >= 0.3 is 0 Å². The minimum Gasteiger partial charge on any atom is -0.396 e.